The predicted molar refractivity (Wildman–Crippen MR) is 82.7 cm³/mol. The van der Waals surface area contributed by atoms with Crippen LogP contribution in [0.15, 0.2) is 18.2 Å². The summed E-state index contributed by atoms with van der Waals surface area (Å²) in [4.78, 5) is 10.7. The average molecular weight is 280 g/mol. The molecular weight excluding hydrogens is 256 g/mol. The second-order valence-electron chi connectivity index (χ2n) is 5.47. The number of hydrogen-bond donors (Lipinski definition) is 3. The van der Waals surface area contributed by atoms with E-state index in [1.807, 2.05) is 6.92 Å². The molecule has 0 aliphatic carbocycles. The first-order valence-electron chi connectivity index (χ1n) is 6.96. The first-order valence-corrected chi connectivity index (χ1v) is 6.96. The third kappa shape index (κ3) is 4.70. The fourth-order valence-corrected chi connectivity index (χ4v) is 2.14. The number of hydrogen-bond acceptors (Lipinski definition) is 5. The monoisotopic (exact) mass is 280 g/mol. The van der Waals surface area contributed by atoms with E-state index in [2.05, 4.69) is 24.6 Å². The molecule has 6 nitrogen and oxygen atoms in total. The van der Waals surface area contributed by atoms with Crippen molar-refractivity contribution in [3.63, 3.8) is 0 Å². The number of nitro benzene ring substituents is 1. The van der Waals surface area contributed by atoms with Gasteiger partial charge in [0.05, 0.1) is 4.92 Å². The van der Waals surface area contributed by atoms with Crippen molar-refractivity contribution in [3.05, 3.63) is 28.3 Å². The summed E-state index contributed by atoms with van der Waals surface area (Å²) in [5, 5.41) is 14.4. The SMILES string of the molecule is CC(C)CCCC(C)Nc1cccc(NN)c1[N+](=O)[O-]. The van der Waals surface area contributed by atoms with Crippen LogP contribution in [0.3, 0.4) is 0 Å². The van der Waals surface area contributed by atoms with Crippen LogP contribution in [0.5, 0.6) is 0 Å². The Kier molecular flexibility index (Phi) is 6.24. The Hall–Kier alpha value is -1.82. The number of anilines is 2. The molecule has 112 valence electrons. The predicted octanol–water partition coefficient (Wildman–Crippen LogP) is 3.51. The largest absolute Gasteiger partial charge is 0.377 e. The van der Waals surface area contributed by atoms with Gasteiger partial charge in [-0.3, -0.25) is 16.0 Å². The molecule has 0 radical (unpaired) electrons. The van der Waals surface area contributed by atoms with Gasteiger partial charge in [-0.25, -0.2) is 0 Å². The molecule has 6 heteroatoms. The van der Waals surface area contributed by atoms with Crippen LogP contribution in [0.4, 0.5) is 17.1 Å². The van der Waals surface area contributed by atoms with Crippen molar-refractivity contribution in [2.75, 3.05) is 10.7 Å². The van der Waals surface area contributed by atoms with Gasteiger partial charge in [-0.15, -0.1) is 0 Å². The van der Waals surface area contributed by atoms with Crippen molar-refractivity contribution in [1.82, 2.24) is 0 Å². The highest BCUT2D eigenvalue weighted by Gasteiger charge is 2.20. The molecule has 0 aromatic heterocycles. The lowest BCUT2D eigenvalue weighted by Crippen LogP contribution is -2.17. The number of nitrogens with one attached hydrogen (secondary N) is 2. The van der Waals surface area contributed by atoms with Gasteiger partial charge in [0, 0.05) is 6.04 Å². The highest BCUT2D eigenvalue weighted by molar-refractivity contribution is 5.75. The van der Waals surface area contributed by atoms with E-state index < -0.39 is 4.92 Å². The maximum absolute atomic E-state index is 11.2. The van der Waals surface area contributed by atoms with Crippen LogP contribution < -0.4 is 16.6 Å². The van der Waals surface area contributed by atoms with Crippen LogP contribution in [0.25, 0.3) is 0 Å². The lowest BCUT2D eigenvalue weighted by molar-refractivity contribution is -0.383. The molecule has 0 aliphatic rings. The molecule has 4 N–H and O–H groups in total. The molecule has 0 saturated carbocycles. The molecule has 1 aromatic carbocycles. The zero-order valence-electron chi connectivity index (χ0n) is 12.3. The highest BCUT2D eigenvalue weighted by atomic mass is 16.6. The van der Waals surface area contributed by atoms with Crippen molar-refractivity contribution >= 4 is 17.1 Å². The summed E-state index contributed by atoms with van der Waals surface area (Å²) in [7, 11) is 0. The minimum Gasteiger partial charge on any atom is -0.377 e. The minimum absolute atomic E-state index is 0.00860. The summed E-state index contributed by atoms with van der Waals surface area (Å²) in [5.41, 5.74) is 3.17. The van der Waals surface area contributed by atoms with Gasteiger partial charge in [-0.2, -0.15) is 0 Å². The van der Waals surface area contributed by atoms with Crippen LogP contribution in [0, 0.1) is 16.0 Å². The van der Waals surface area contributed by atoms with Crippen LogP contribution >= 0.6 is 0 Å². The van der Waals surface area contributed by atoms with Crippen LogP contribution in [0.2, 0.25) is 0 Å². The summed E-state index contributed by atoms with van der Waals surface area (Å²) in [6.07, 6.45) is 3.25. The van der Waals surface area contributed by atoms with Crippen molar-refractivity contribution < 1.29 is 4.92 Å². The van der Waals surface area contributed by atoms with Crippen molar-refractivity contribution in [2.24, 2.45) is 11.8 Å². The Morgan fingerprint density at radius 3 is 2.45 bits per heavy atom. The summed E-state index contributed by atoms with van der Waals surface area (Å²) in [5.74, 6) is 6.00. The zero-order valence-corrected chi connectivity index (χ0v) is 12.3. The van der Waals surface area contributed by atoms with Gasteiger partial charge in [-0.1, -0.05) is 32.8 Å². The minimum atomic E-state index is -0.418. The average Bonchev–Trinajstić information content (AvgIpc) is 2.37. The van der Waals surface area contributed by atoms with E-state index in [9.17, 15) is 10.1 Å². The van der Waals surface area contributed by atoms with Gasteiger partial charge < -0.3 is 10.7 Å². The van der Waals surface area contributed by atoms with E-state index >= 15 is 0 Å². The maximum Gasteiger partial charge on any atom is 0.316 e. The molecule has 0 heterocycles. The smallest absolute Gasteiger partial charge is 0.316 e. The quantitative estimate of drug-likeness (QED) is 0.385. The fraction of sp³-hybridized carbons (Fsp3) is 0.571. The lowest BCUT2D eigenvalue weighted by atomic mass is 10.0. The molecule has 0 aliphatic heterocycles. The lowest BCUT2D eigenvalue weighted by Gasteiger charge is -2.16. The number of nitrogens with two attached hydrogens (primary N) is 1. The molecule has 0 bridgehead atoms. The highest BCUT2D eigenvalue weighted by Crippen LogP contribution is 2.32. The van der Waals surface area contributed by atoms with E-state index in [1.54, 1.807) is 18.2 Å². The van der Waals surface area contributed by atoms with Gasteiger partial charge >= 0.3 is 5.69 Å². The summed E-state index contributed by atoms with van der Waals surface area (Å²) >= 11 is 0. The molecule has 1 atom stereocenters. The number of hydrazine groups is 1. The molecule has 20 heavy (non-hydrogen) atoms. The fourth-order valence-electron chi connectivity index (χ4n) is 2.14. The standard InChI is InChI=1S/C14H24N4O2/c1-10(2)6-4-7-11(3)16-12-8-5-9-13(17-15)14(12)18(19)20/h5,8-11,16-17H,4,6-7,15H2,1-3H3. The van der Waals surface area contributed by atoms with Gasteiger partial charge in [-0.05, 0) is 31.4 Å². The third-order valence-corrected chi connectivity index (χ3v) is 3.19. The third-order valence-electron chi connectivity index (χ3n) is 3.19. The Labute approximate surface area is 119 Å². The van der Waals surface area contributed by atoms with Gasteiger partial charge in [0.15, 0.2) is 0 Å². The number of para-hydroxylation sites is 1. The first-order chi connectivity index (χ1) is 9.45. The Morgan fingerprint density at radius 1 is 1.25 bits per heavy atom. The number of nitro groups is 1. The number of benzene rings is 1. The van der Waals surface area contributed by atoms with Crippen molar-refractivity contribution in [2.45, 2.75) is 46.1 Å². The Balaban J connectivity index is 2.74. The summed E-state index contributed by atoms with van der Waals surface area (Å²) in [6, 6.07) is 5.22. The normalized spacial score (nSPS) is 12.2. The van der Waals surface area contributed by atoms with E-state index in [-0.39, 0.29) is 11.7 Å². The van der Waals surface area contributed by atoms with Crippen molar-refractivity contribution in [3.8, 4) is 0 Å². The van der Waals surface area contributed by atoms with Crippen LogP contribution in [0.1, 0.15) is 40.0 Å². The van der Waals surface area contributed by atoms with E-state index in [4.69, 9.17) is 5.84 Å². The number of rotatable bonds is 8. The van der Waals surface area contributed by atoms with Crippen LogP contribution in [-0.2, 0) is 0 Å². The topological polar surface area (TPSA) is 93.2 Å². The van der Waals surface area contributed by atoms with E-state index in [0.717, 1.165) is 12.8 Å². The van der Waals surface area contributed by atoms with E-state index in [1.165, 1.54) is 6.42 Å². The molecule has 0 spiro atoms. The molecule has 0 amide bonds. The summed E-state index contributed by atoms with van der Waals surface area (Å²) in [6.45, 7) is 6.42. The first kappa shape index (κ1) is 16.2. The second-order valence-corrected chi connectivity index (χ2v) is 5.47. The molecule has 0 saturated heterocycles. The van der Waals surface area contributed by atoms with E-state index in [0.29, 0.717) is 17.3 Å². The van der Waals surface area contributed by atoms with Gasteiger partial charge in [0.2, 0.25) is 0 Å². The van der Waals surface area contributed by atoms with Crippen molar-refractivity contribution in [1.29, 1.82) is 0 Å². The molecule has 1 unspecified atom stereocenters. The Morgan fingerprint density at radius 2 is 1.90 bits per heavy atom. The van der Waals surface area contributed by atoms with Crippen LogP contribution in [-0.4, -0.2) is 11.0 Å². The maximum atomic E-state index is 11.2. The molecular formula is C14H24N4O2. The second kappa shape index (κ2) is 7.69. The van der Waals surface area contributed by atoms with Gasteiger partial charge in [0.1, 0.15) is 11.4 Å². The Bertz CT molecular complexity index is 449. The number of nitrogens with zero attached hydrogens (tertiary/aromatic N) is 1. The van der Waals surface area contributed by atoms with Gasteiger partial charge in [0.25, 0.3) is 0 Å². The molecule has 1 aromatic rings. The summed E-state index contributed by atoms with van der Waals surface area (Å²) < 4.78 is 0. The zero-order chi connectivity index (χ0) is 15.1. The number of nitrogen functional groups attached to an aromatic ring is 1. The molecule has 1 rings (SSSR count). The molecule has 0 fully saturated rings.